The summed E-state index contributed by atoms with van der Waals surface area (Å²) in [5, 5.41) is 2.83. The Bertz CT molecular complexity index is 112. The minimum absolute atomic E-state index is 0.00381. The first-order chi connectivity index (χ1) is 5.42. The van der Waals surface area contributed by atoms with Gasteiger partial charge in [-0.15, -0.1) is 0 Å². The molecule has 0 aliphatic heterocycles. The van der Waals surface area contributed by atoms with Crippen molar-refractivity contribution in [1.82, 2.24) is 5.32 Å². The quantitative estimate of drug-likeness (QED) is 0.631. The minimum Gasteiger partial charge on any atom is -0.327 e. The third kappa shape index (κ3) is 9.71. The van der Waals surface area contributed by atoms with E-state index in [9.17, 15) is 13.2 Å². The molecular weight excluding hydrogens is 169 g/mol. The van der Waals surface area contributed by atoms with Gasteiger partial charge >= 0.3 is 6.18 Å². The topological polar surface area (TPSA) is 38.0 Å². The Balaban J connectivity index is 3.12. The Labute approximate surface area is 70.3 Å². The van der Waals surface area contributed by atoms with E-state index in [1.807, 2.05) is 0 Å². The van der Waals surface area contributed by atoms with E-state index >= 15 is 0 Å². The molecule has 12 heavy (non-hydrogen) atoms. The van der Waals surface area contributed by atoms with Crippen LogP contribution < -0.4 is 11.1 Å². The van der Waals surface area contributed by atoms with Gasteiger partial charge in [0.15, 0.2) is 0 Å². The van der Waals surface area contributed by atoms with Gasteiger partial charge in [0.1, 0.15) is 0 Å². The average molecular weight is 184 g/mol. The molecule has 0 bridgehead atoms. The molecule has 0 aromatic carbocycles. The molecule has 0 aromatic heterocycles. The fourth-order valence-electron chi connectivity index (χ4n) is 0.744. The Hall–Kier alpha value is -0.290. The molecule has 0 heterocycles. The van der Waals surface area contributed by atoms with E-state index in [0.29, 0.717) is 13.1 Å². The van der Waals surface area contributed by atoms with Crippen LogP contribution in [0.15, 0.2) is 0 Å². The summed E-state index contributed by atoms with van der Waals surface area (Å²) >= 11 is 0. The van der Waals surface area contributed by atoms with E-state index in [2.05, 4.69) is 5.32 Å². The Morgan fingerprint density at radius 3 is 2.42 bits per heavy atom. The number of rotatable bonds is 5. The SMILES string of the molecule is CC(N)CNCCCC(F)(F)F. The van der Waals surface area contributed by atoms with Gasteiger partial charge in [0.2, 0.25) is 0 Å². The smallest absolute Gasteiger partial charge is 0.327 e. The standard InChI is InChI=1S/C7H15F3N2/c1-6(11)5-12-4-2-3-7(8,9)10/h6,12H,2-5,11H2,1H3. The second-order valence-corrected chi connectivity index (χ2v) is 2.90. The molecular formula is C7H15F3N2. The van der Waals surface area contributed by atoms with Crippen LogP contribution in [0.3, 0.4) is 0 Å². The monoisotopic (exact) mass is 184 g/mol. The fourth-order valence-corrected chi connectivity index (χ4v) is 0.744. The average Bonchev–Trinajstić information content (AvgIpc) is 1.83. The summed E-state index contributed by atoms with van der Waals surface area (Å²) in [5.74, 6) is 0. The van der Waals surface area contributed by atoms with Gasteiger partial charge in [0, 0.05) is 19.0 Å². The summed E-state index contributed by atoms with van der Waals surface area (Å²) in [6.07, 6.45) is -4.63. The Morgan fingerprint density at radius 1 is 1.42 bits per heavy atom. The predicted molar refractivity (Wildman–Crippen MR) is 41.8 cm³/mol. The molecule has 0 aliphatic carbocycles. The highest BCUT2D eigenvalue weighted by Gasteiger charge is 2.25. The van der Waals surface area contributed by atoms with Crippen molar-refractivity contribution in [2.24, 2.45) is 5.73 Å². The van der Waals surface area contributed by atoms with Crippen molar-refractivity contribution in [3.63, 3.8) is 0 Å². The predicted octanol–water partition coefficient (Wildman–Crippen LogP) is 1.27. The van der Waals surface area contributed by atoms with Gasteiger partial charge in [0.05, 0.1) is 0 Å². The molecule has 0 amide bonds. The summed E-state index contributed by atoms with van der Waals surface area (Å²) in [7, 11) is 0. The Morgan fingerprint density at radius 2 is 2.00 bits per heavy atom. The van der Waals surface area contributed by atoms with Crippen LogP contribution in [0.25, 0.3) is 0 Å². The third-order valence-corrected chi connectivity index (χ3v) is 1.28. The molecule has 0 saturated heterocycles. The summed E-state index contributed by atoms with van der Waals surface area (Å²) in [4.78, 5) is 0. The summed E-state index contributed by atoms with van der Waals surface area (Å²) in [6.45, 7) is 2.75. The van der Waals surface area contributed by atoms with Gasteiger partial charge < -0.3 is 11.1 Å². The van der Waals surface area contributed by atoms with Gasteiger partial charge in [-0.3, -0.25) is 0 Å². The Kier molecular flexibility index (Phi) is 5.24. The molecule has 0 aromatic rings. The van der Waals surface area contributed by atoms with Crippen LogP contribution in [0.5, 0.6) is 0 Å². The van der Waals surface area contributed by atoms with Crippen molar-refractivity contribution in [3.05, 3.63) is 0 Å². The molecule has 0 radical (unpaired) electrons. The van der Waals surface area contributed by atoms with Crippen LogP contribution >= 0.6 is 0 Å². The van der Waals surface area contributed by atoms with Crippen LogP contribution in [0.2, 0.25) is 0 Å². The zero-order valence-electron chi connectivity index (χ0n) is 7.12. The summed E-state index contributed by atoms with van der Waals surface area (Å²) in [5.41, 5.74) is 5.38. The van der Waals surface area contributed by atoms with E-state index < -0.39 is 12.6 Å². The summed E-state index contributed by atoms with van der Waals surface area (Å²) in [6, 6.07) is -0.00381. The lowest BCUT2D eigenvalue weighted by Gasteiger charge is -2.08. The molecule has 0 spiro atoms. The second kappa shape index (κ2) is 5.37. The number of halogens is 3. The van der Waals surface area contributed by atoms with Crippen molar-refractivity contribution in [2.75, 3.05) is 13.1 Å². The number of hydrogen-bond donors (Lipinski definition) is 2. The lowest BCUT2D eigenvalue weighted by molar-refractivity contribution is -0.135. The maximum absolute atomic E-state index is 11.6. The van der Waals surface area contributed by atoms with Crippen molar-refractivity contribution >= 4 is 0 Å². The molecule has 5 heteroatoms. The maximum Gasteiger partial charge on any atom is 0.389 e. The highest BCUT2D eigenvalue weighted by molar-refractivity contribution is 4.58. The van der Waals surface area contributed by atoms with Gasteiger partial charge in [-0.05, 0) is 19.9 Å². The maximum atomic E-state index is 11.6. The van der Waals surface area contributed by atoms with Crippen molar-refractivity contribution < 1.29 is 13.2 Å². The van der Waals surface area contributed by atoms with Crippen molar-refractivity contribution in [3.8, 4) is 0 Å². The number of nitrogens with two attached hydrogens (primary N) is 1. The number of alkyl halides is 3. The fraction of sp³-hybridized carbons (Fsp3) is 1.00. The first-order valence-electron chi connectivity index (χ1n) is 3.95. The van der Waals surface area contributed by atoms with Gasteiger partial charge in [-0.25, -0.2) is 0 Å². The first-order valence-corrected chi connectivity index (χ1v) is 3.95. The summed E-state index contributed by atoms with van der Waals surface area (Å²) < 4.78 is 34.8. The van der Waals surface area contributed by atoms with E-state index in [4.69, 9.17) is 5.73 Å². The zero-order valence-corrected chi connectivity index (χ0v) is 7.12. The van der Waals surface area contributed by atoms with Gasteiger partial charge in [-0.2, -0.15) is 13.2 Å². The molecule has 1 unspecified atom stereocenters. The largest absolute Gasteiger partial charge is 0.389 e. The van der Waals surface area contributed by atoms with E-state index in [-0.39, 0.29) is 12.5 Å². The molecule has 0 rings (SSSR count). The van der Waals surface area contributed by atoms with Crippen LogP contribution in [-0.2, 0) is 0 Å². The minimum atomic E-state index is -4.03. The zero-order chi connectivity index (χ0) is 9.61. The highest BCUT2D eigenvalue weighted by atomic mass is 19.4. The molecule has 3 N–H and O–H groups in total. The first kappa shape index (κ1) is 11.7. The van der Waals surface area contributed by atoms with Crippen LogP contribution in [0, 0.1) is 0 Å². The van der Waals surface area contributed by atoms with Gasteiger partial charge in [0.25, 0.3) is 0 Å². The van der Waals surface area contributed by atoms with E-state index in [0.717, 1.165) is 0 Å². The van der Waals surface area contributed by atoms with Gasteiger partial charge in [-0.1, -0.05) is 0 Å². The van der Waals surface area contributed by atoms with Crippen LogP contribution in [-0.4, -0.2) is 25.3 Å². The second-order valence-electron chi connectivity index (χ2n) is 2.90. The number of nitrogens with one attached hydrogen (secondary N) is 1. The van der Waals surface area contributed by atoms with Crippen LogP contribution in [0.4, 0.5) is 13.2 Å². The molecule has 1 atom stereocenters. The molecule has 0 fully saturated rings. The van der Waals surface area contributed by atoms with E-state index in [1.165, 1.54) is 0 Å². The molecule has 0 aliphatic rings. The number of hydrogen-bond acceptors (Lipinski definition) is 2. The van der Waals surface area contributed by atoms with E-state index in [1.54, 1.807) is 6.92 Å². The molecule has 2 nitrogen and oxygen atoms in total. The normalized spacial score (nSPS) is 14.8. The third-order valence-electron chi connectivity index (χ3n) is 1.28. The van der Waals surface area contributed by atoms with Crippen molar-refractivity contribution in [2.45, 2.75) is 32.0 Å². The van der Waals surface area contributed by atoms with Crippen molar-refractivity contribution in [1.29, 1.82) is 0 Å². The lowest BCUT2D eigenvalue weighted by Crippen LogP contribution is -2.31. The molecule has 0 saturated carbocycles. The lowest BCUT2D eigenvalue weighted by atomic mass is 10.3. The highest BCUT2D eigenvalue weighted by Crippen LogP contribution is 2.20. The van der Waals surface area contributed by atoms with Crippen LogP contribution in [0.1, 0.15) is 19.8 Å². The molecule has 74 valence electrons.